The van der Waals surface area contributed by atoms with Crippen molar-refractivity contribution in [2.24, 2.45) is 11.8 Å². The van der Waals surface area contributed by atoms with E-state index in [1.807, 2.05) is 0 Å². The van der Waals surface area contributed by atoms with Crippen molar-refractivity contribution in [1.29, 1.82) is 0 Å². The van der Waals surface area contributed by atoms with Crippen molar-refractivity contribution in [2.45, 2.75) is 51.9 Å². The van der Waals surface area contributed by atoms with Gasteiger partial charge in [0, 0.05) is 19.5 Å². The van der Waals surface area contributed by atoms with Gasteiger partial charge in [0.05, 0.1) is 6.54 Å². The Bertz CT molecular complexity index is 353. The van der Waals surface area contributed by atoms with Crippen LogP contribution in [0.1, 0.15) is 51.9 Å². The second-order valence-corrected chi connectivity index (χ2v) is 6.38. The van der Waals surface area contributed by atoms with E-state index in [9.17, 15) is 9.59 Å². The molecule has 21 heavy (non-hydrogen) atoms. The summed E-state index contributed by atoms with van der Waals surface area (Å²) in [6.45, 7) is 4.67. The Morgan fingerprint density at radius 2 is 2.14 bits per heavy atom. The highest BCUT2D eigenvalue weighted by atomic mass is 16.6. The third-order valence-corrected chi connectivity index (χ3v) is 4.73. The average molecular weight is 296 g/mol. The van der Waals surface area contributed by atoms with E-state index >= 15 is 0 Å². The van der Waals surface area contributed by atoms with Gasteiger partial charge in [-0.05, 0) is 18.3 Å². The molecule has 2 aliphatic rings. The molecule has 1 aliphatic heterocycles. The molecule has 1 aliphatic carbocycles. The van der Waals surface area contributed by atoms with E-state index in [0.29, 0.717) is 38.6 Å². The van der Waals surface area contributed by atoms with Crippen LogP contribution in [0.4, 0.5) is 4.79 Å². The number of ether oxygens (including phenoxy) is 1. The van der Waals surface area contributed by atoms with Crippen LogP contribution >= 0.6 is 0 Å². The minimum atomic E-state index is -0.229. The molecule has 0 aromatic rings. The highest BCUT2D eigenvalue weighted by Gasteiger charge is 2.23. The smallest absolute Gasteiger partial charge is 0.409 e. The molecule has 0 radical (unpaired) electrons. The van der Waals surface area contributed by atoms with E-state index in [0.717, 1.165) is 12.3 Å². The van der Waals surface area contributed by atoms with Crippen LogP contribution < -0.4 is 5.32 Å². The topological polar surface area (TPSA) is 58.6 Å². The first kappa shape index (κ1) is 16.1. The van der Waals surface area contributed by atoms with Crippen molar-refractivity contribution in [3.8, 4) is 0 Å². The van der Waals surface area contributed by atoms with Crippen molar-refractivity contribution >= 4 is 12.0 Å². The van der Waals surface area contributed by atoms with Crippen LogP contribution in [-0.2, 0) is 9.53 Å². The summed E-state index contributed by atoms with van der Waals surface area (Å²) >= 11 is 0. The second kappa shape index (κ2) is 8.25. The van der Waals surface area contributed by atoms with Crippen molar-refractivity contribution in [2.75, 3.05) is 26.2 Å². The number of amides is 2. The van der Waals surface area contributed by atoms with Crippen LogP contribution in [-0.4, -0.2) is 43.1 Å². The molecule has 0 spiro atoms. The zero-order chi connectivity index (χ0) is 15.1. The summed E-state index contributed by atoms with van der Waals surface area (Å²) in [5.74, 6) is 1.36. The molecule has 1 saturated heterocycles. The molecule has 2 amide bonds. The molecule has 120 valence electrons. The molecule has 5 heteroatoms. The molecule has 0 aromatic heterocycles. The molecule has 0 aromatic carbocycles. The van der Waals surface area contributed by atoms with E-state index in [2.05, 4.69) is 12.2 Å². The monoisotopic (exact) mass is 296 g/mol. The van der Waals surface area contributed by atoms with E-state index in [-0.39, 0.29) is 12.0 Å². The number of nitrogens with one attached hydrogen (secondary N) is 1. The molecule has 2 fully saturated rings. The minimum absolute atomic E-state index is 0.150. The Morgan fingerprint density at radius 1 is 1.38 bits per heavy atom. The van der Waals surface area contributed by atoms with Crippen LogP contribution in [0.15, 0.2) is 0 Å². The van der Waals surface area contributed by atoms with Gasteiger partial charge in [0.15, 0.2) is 0 Å². The minimum Gasteiger partial charge on any atom is -0.448 e. The van der Waals surface area contributed by atoms with Gasteiger partial charge >= 0.3 is 6.09 Å². The number of hydrogen-bond donors (Lipinski definition) is 1. The van der Waals surface area contributed by atoms with Gasteiger partial charge in [0.2, 0.25) is 5.91 Å². The number of nitrogens with zero attached hydrogens (tertiary/aromatic N) is 1. The zero-order valence-corrected chi connectivity index (χ0v) is 13.1. The Balaban J connectivity index is 1.55. The molecule has 1 atom stereocenters. The lowest BCUT2D eigenvalue weighted by Gasteiger charge is -2.27. The SMILES string of the molecule is CC(CC(=O)NCCCN1CCOC1=O)C1CCCCC1. The molecule has 5 nitrogen and oxygen atoms in total. The van der Waals surface area contributed by atoms with Gasteiger partial charge in [-0.2, -0.15) is 0 Å². The first-order valence-corrected chi connectivity index (χ1v) is 8.35. The van der Waals surface area contributed by atoms with Crippen molar-refractivity contribution < 1.29 is 14.3 Å². The predicted molar refractivity (Wildman–Crippen MR) is 80.9 cm³/mol. The number of carbonyl (C=O) groups is 2. The number of cyclic esters (lactones) is 1. The fourth-order valence-electron chi connectivity index (χ4n) is 3.36. The van der Waals surface area contributed by atoms with Crippen molar-refractivity contribution in [1.82, 2.24) is 10.2 Å². The fraction of sp³-hybridized carbons (Fsp3) is 0.875. The summed E-state index contributed by atoms with van der Waals surface area (Å²) in [5.41, 5.74) is 0. The van der Waals surface area contributed by atoms with E-state index < -0.39 is 0 Å². The molecular weight excluding hydrogens is 268 g/mol. The zero-order valence-electron chi connectivity index (χ0n) is 13.1. The standard InChI is InChI=1S/C16H28N2O3/c1-13(14-6-3-2-4-7-14)12-15(19)17-8-5-9-18-10-11-21-16(18)20/h13-14H,2-12H2,1H3,(H,17,19). The largest absolute Gasteiger partial charge is 0.448 e. The van der Waals surface area contributed by atoms with Gasteiger partial charge in [-0.25, -0.2) is 4.79 Å². The average Bonchev–Trinajstić information content (AvgIpc) is 2.90. The number of rotatable bonds is 7. The lowest BCUT2D eigenvalue weighted by atomic mass is 9.79. The lowest BCUT2D eigenvalue weighted by molar-refractivity contribution is -0.122. The first-order valence-electron chi connectivity index (χ1n) is 8.35. The third-order valence-electron chi connectivity index (χ3n) is 4.73. The first-order chi connectivity index (χ1) is 10.2. The van der Waals surface area contributed by atoms with Gasteiger partial charge in [-0.3, -0.25) is 4.79 Å². The maximum Gasteiger partial charge on any atom is 0.409 e. The molecule has 2 rings (SSSR count). The van der Waals surface area contributed by atoms with Crippen LogP contribution in [0.5, 0.6) is 0 Å². The van der Waals surface area contributed by atoms with Crippen LogP contribution in [0, 0.1) is 11.8 Å². The Hall–Kier alpha value is -1.26. The van der Waals surface area contributed by atoms with Crippen LogP contribution in [0.25, 0.3) is 0 Å². The highest BCUT2D eigenvalue weighted by Crippen LogP contribution is 2.31. The molecule has 0 bridgehead atoms. The Morgan fingerprint density at radius 3 is 2.81 bits per heavy atom. The quantitative estimate of drug-likeness (QED) is 0.735. The summed E-state index contributed by atoms with van der Waals surface area (Å²) in [6.07, 6.45) is 7.76. The lowest BCUT2D eigenvalue weighted by Crippen LogP contribution is -2.32. The molecule has 1 heterocycles. The van der Waals surface area contributed by atoms with Gasteiger partial charge in [0.1, 0.15) is 6.61 Å². The number of hydrogen-bond acceptors (Lipinski definition) is 3. The molecule has 1 unspecified atom stereocenters. The van der Waals surface area contributed by atoms with E-state index in [4.69, 9.17) is 4.74 Å². The highest BCUT2D eigenvalue weighted by molar-refractivity contribution is 5.76. The van der Waals surface area contributed by atoms with Crippen LogP contribution in [0.2, 0.25) is 0 Å². The maximum absolute atomic E-state index is 11.9. The Kier molecular flexibility index (Phi) is 6.33. The van der Waals surface area contributed by atoms with E-state index in [1.54, 1.807) is 4.90 Å². The summed E-state index contributed by atoms with van der Waals surface area (Å²) < 4.78 is 4.86. The van der Waals surface area contributed by atoms with Crippen LogP contribution in [0.3, 0.4) is 0 Å². The fourth-order valence-corrected chi connectivity index (χ4v) is 3.36. The van der Waals surface area contributed by atoms with Crippen molar-refractivity contribution in [3.63, 3.8) is 0 Å². The molecule has 1 saturated carbocycles. The van der Waals surface area contributed by atoms with Gasteiger partial charge in [-0.15, -0.1) is 0 Å². The summed E-state index contributed by atoms with van der Waals surface area (Å²) in [7, 11) is 0. The number of carbonyl (C=O) groups excluding carboxylic acids is 2. The van der Waals surface area contributed by atoms with Gasteiger partial charge in [-0.1, -0.05) is 39.0 Å². The van der Waals surface area contributed by atoms with E-state index in [1.165, 1.54) is 32.1 Å². The molecular formula is C16H28N2O3. The van der Waals surface area contributed by atoms with Crippen molar-refractivity contribution in [3.05, 3.63) is 0 Å². The summed E-state index contributed by atoms with van der Waals surface area (Å²) in [5, 5.41) is 2.97. The summed E-state index contributed by atoms with van der Waals surface area (Å²) in [6, 6.07) is 0. The molecule has 1 N–H and O–H groups in total. The van der Waals surface area contributed by atoms with Gasteiger partial charge < -0.3 is 15.0 Å². The third kappa shape index (κ3) is 5.21. The maximum atomic E-state index is 11.9. The Labute approximate surface area is 127 Å². The summed E-state index contributed by atoms with van der Waals surface area (Å²) in [4.78, 5) is 24.9. The predicted octanol–water partition coefficient (Wildman–Crippen LogP) is 2.55. The van der Waals surface area contributed by atoms with Gasteiger partial charge in [0.25, 0.3) is 0 Å². The normalized spacial score (nSPS) is 21.2. The second-order valence-electron chi connectivity index (χ2n) is 6.38.